The zero-order valence-corrected chi connectivity index (χ0v) is 11.9. The highest BCUT2D eigenvalue weighted by atomic mass is 32.1. The van der Waals surface area contributed by atoms with Crippen LogP contribution in [0.1, 0.15) is 19.4 Å². The number of hydrogen-bond acceptors (Lipinski definition) is 3. The number of carbonyl (C=O) groups is 1. The van der Waals surface area contributed by atoms with Gasteiger partial charge < -0.3 is 4.90 Å². The predicted octanol–water partition coefficient (Wildman–Crippen LogP) is 3.95. The van der Waals surface area contributed by atoms with E-state index in [0.717, 1.165) is 9.75 Å². The molecule has 0 bridgehead atoms. The Morgan fingerprint density at radius 1 is 1.44 bits per heavy atom. The second-order valence-corrected chi connectivity index (χ2v) is 6.28. The summed E-state index contributed by atoms with van der Waals surface area (Å²) in [6, 6.07) is 7.93. The van der Waals surface area contributed by atoms with Crippen LogP contribution in [0.25, 0.3) is 0 Å². The Bertz CT molecular complexity index is 528. The molecule has 0 fully saturated rings. The Hall–Kier alpha value is -1.39. The smallest absolute Gasteiger partial charge is 0.264 e. The third-order valence-electron chi connectivity index (χ3n) is 2.51. The summed E-state index contributed by atoms with van der Waals surface area (Å²) >= 11 is 3.21. The molecule has 0 aromatic carbocycles. The predicted molar refractivity (Wildman–Crippen MR) is 78.3 cm³/mol. The molecule has 0 aliphatic heterocycles. The minimum atomic E-state index is 0.0846. The van der Waals surface area contributed by atoms with E-state index in [1.165, 1.54) is 4.88 Å². The van der Waals surface area contributed by atoms with E-state index in [9.17, 15) is 4.79 Å². The first-order valence-electron chi connectivity index (χ1n) is 5.69. The molecule has 2 aromatic heterocycles. The zero-order chi connectivity index (χ0) is 13.0. The summed E-state index contributed by atoms with van der Waals surface area (Å²) in [7, 11) is 0. The van der Waals surface area contributed by atoms with E-state index >= 15 is 0 Å². The van der Waals surface area contributed by atoms with Crippen molar-refractivity contribution in [3.8, 4) is 0 Å². The molecule has 0 atom stereocenters. The van der Waals surface area contributed by atoms with Crippen molar-refractivity contribution in [3.63, 3.8) is 0 Å². The van der Waals surface area contributed by atoms with Crippen molar-refractivity contribution < 1.29 is 4.79 Å². The average Bonchev–Trinajstić information content (AvgIpc) is 2.99. The number of aryl methyl sites for hydroxylation is 1. The van der Waals surface area contributed by atoms with E-state index in [0.29, 0.717) is 13.1 Å². The highest BCUT2D eigenvalue weighted by Gasteiger charge is 2.16. The summed E-state index contributed by atoms with van der Waals surface area (Å²) in [5.41, 5.74) is 0. The lowest BCUT2D eigenvalue weighted by Crippen LogP contribution is -2.29. The first-order valence-corrected chi connectivity index (χ1v) is 7.39. The Kier molecular flexibility index (Phi) is 4.33. The minimum absolute atomic E-state index is 0.0846. The average molecular weight is 277 g/mol. The van der Waals surface area contributed by atoms with E-state index < -0.39 is 0 Å². The third kappa shape index (κ3) is 3.09. The number of amides is 1. The molecule has 0 N–H and O–H groups in total. The molecule has 18 heavy (non-hydrogen) atoms. The zero-order valence-electron chi connectivity index (χ0n) is 10.3. The lowest BCUT2D eigenvalue weighted by molar-refractivity contribution is 0.0769. The van der Waals surface area contributed by atoms with Gasteiger partial charge in [-0.05, 0) is 30.5 Å². The molecule has 2 rings (SSSR count). The molecular weight excluding hydrogens is 262 g/mol. The summed E-state index contributed by atoms with van der Waals surface area (Å²) in [4.78, 5) is 17.3. The molecule has 4 heteroatoms. The van der Waals surface area contributed by atoms with Gasteiger partial charge in [0.15, 0.2) is 0 Å². The lowest BCUT2D eigenvalue weighted by atomic mass is 10.3. The van der Waals surface area contributed by atoms with Crippen LogP contribution in [0.3, 0.4) is 0 Å². The largest absolute Gasteiger partial charge is 0.329 e. The van der Waals surface area contributed by atoms with E-state index in [1.807, 2.05) is 41.5 Å². The molecule has 0 spiro atoms. The van der Waals surface area contributed by atoms with Gasteiger partial charge in [0.2, 0.25) is 0 Å². The fraction of sp³-hybridized carbons (Fsp3) is 0.214. The second-order valence-electron chi connectivity index (χ2n) is 3.96. The van der Waals surface area contributed by atoms with Gasteiger partial charge in [0.1, 0.15) is 0 Å². The van der Waals surface area contributed by atoms with Crippen molar-refractivity contribution in [2.75, 3.05) is 6.54 Å². The van der Waals surface area contributed by atoms with Crippen LogP contribution in [-0.4, -0.2) is 17.4 Å². The van der Waals surface area contributed by atoms with E-state index in [4.69, 9.17) is 0 Å². The van der Waals surface area contributed by atoms with Gasteiger partial charge in [-0.3, -0.25) is 4.79 Å². The quantitative estimate of drug-likeness (QED) is 0.758. The molecule has 0 unspecified atom stereocenters. The van der Waals surface area contributed by atoms with Crippen LogP contribution in [0, 0.1) is 6.92 Å². The number of hydrogen-bond donors (Lipinski definition) is 0. The molecular formula is C14H15NOS2. The van der Waals surface area contributed by atoms with Crippen molar-refractivity contribution in [3.05, 3.63) is 56.9 Å². The SMILES string of the molecule is C=CCN(Cc1cccs1)C(=O)c1ccc(C)s1. The number of thiophene rings is 2. The van der Waals surface area contributed by atoms with Gasteiger partial charge in [0.25, 0.3) is 5.91 Å². The summed E-state index contributed by atoms with van der Waals surface area (Å²) in [5.74, 6) is 0.0846. The molecule has 0 saturated carbocycles. The van der Waals surface area contributed by atoms with Gasteiger partial charge in [0.05, 0.1) is 11.4 Å². The minimum Gasteiger partial charge on any atom is -0.329 e. The van der Waals surface area contributed by atoms with Crippen molar-refractivity contribution >= 4 is 28.6 Å². The first-order chi connectivity index (χ1) is 8.70. The van der Waals surface area contributed by atoms with Crippen LogP contribution in [-0.2, 0) is 6.54 Å². The highest BCUT2D eigenvalue weighted by molar-refractivity contribution is 7.14. The molecule has 2 heterocycles. The molecule has 0 aliphatic rings. The molecule has 1 amide bonds. The van der Waals surface area contributed by atoms with Gasteiger partial charge in [-0.15, -0.1) is 29.3 Å². The van der Waals surface area contributed by atoms with Crippen LogP contribution < -0.4 is 0 Å². The molecule has 0 saturated heterocycles. The molecule has 94 valence electrons. The van der Waals surface area contributed by atoms with Crippen molar-refractivity contribution in [1.82, 2.24) is 4.90 Å². The topological polar surface area (TPSA) is 20.3 Å². The van der Waals surface area contributed by atoms with Gasteiger partial charge in [-0.1, -0.05) is 12.1 Å². The van der Waals surface area contributed by atoms with Crippen LogP contribution in [0.2, 0.25) is 0 Å². The monoisotopic (exact) mass is 277 g/mol. The summed E-state index contributed by atoms with van der Waals surface area (Å²) in [6.45, 7) is 6.97. The maximum absolute atomic E-state index is 12.4. The van der Waals surface area contributed by atoms with Gasteiger partial charge in [0, 0.05) is 16.3 Å². The molecule has 0 radical (unpaired) electrons. The Balaban J connectivity index is 2.14. The maximum Gasteiger partial charge on any atom is 0.264 e. The van der Waals surface area contributed by atoms with Gasteiger partial charge in [-0.25, -0.2) is 0 Å². The standard InChI is InChI=1S/C14H15NOS2/c1-3-8-15(10-12-5-4-9-17-12)14(16)13-7-6-11(2)18-13/h3-7,9H,1,8,10H2,2H3. The third-order valence-corrected chi connectivity index (χ3v) is 4.36. The van der Waals surface area contributed by atoms with Crippen LogP contribution in [0.5, 0.6) is 0 Å². The number of nitrogens with zero attached hydrogens (tertiary/aromatic N) is 1. The molecule has 0 aliphatic carbocycles. The van der Waals surface area contributed by atoms with E-state index in [-0.39, 0.29) is 5.91 Å². The molecule has 2 aromatic rings. The second kappa shape index (κ2) is 5.98. The fourth-order valence-corrected chi connectivity index (χ4v) is 3.23. The highest BCUT2D eigenvalue weighted by Crippen LogP contribution is 2.19. The normalized spacial score (nSPS) is 10.3. The summed E-state index contributed by atoms with van der Waals surface area (Å²) < 4.78 is 0. The van der Waals surface area contributed by atoms with Crippen molar-refractivity contribution in [2.24, 2.45) is 0 Å². The van der Waals surface area contributed by atoms with Crippen LogP contribution >= 0.6 is 22.7 Å². The summed E-state index contributed by atoms with van der Waals surface area (Å²) in [6.07, 6.45) is 1.77. The van der Waals surface area contributed by atoms with Gasteiger partial charge >= 0.3 is 0 Å². The Morgan fingerprint density at radius 3 is 2.83 bits per heavy atom. The maximum atomic E-state index is 12.4. The van der Waals surface area contributed by atoms with Crippen LogP contribution in [0.15, 0.2) is 42.3 Å². The Morgan fingerprint density at radius 2 is 2.28 bits per heavy atom. The first kappa shape index (κ1) is 13.1. The molecule has 2 nitrogen and oxygen atoms in total. The van der Waals surface area contributed by atoms with Crippen molar-refractivity contribution in [1.29, 1.82) is 0 Å². The van der Waals surface area contributed by atoms with Gasteiger partial charge in [-0.2, -0.15) is 0 Å². The fourth-order valence-electron chi connectivity index (χ4n) is 1.67. The lowest BCUT2D eigenvalue weighted by Gasteiger charge is -2.19. The van der Waals surface area contributed by atoms with Crippen molar-refractivity contribution in [2.45, 2.75) is 13.5 Å². The number of carbonyl (C=O) groups excluding carboxylic acids is 1. The van der Waals surface area contributed by atoms with E-state index in [2.05, 4.69) is 6.58 Å². The Labute approximate surface area is 115 Å². The van der Waals surface area contributed by atoms with Crippen LogP contribution in [0.4, 0.5) is 0 Å². The van der Waals surface area contributed by atoms with E-state index in [1.54, 1.807) is 28.7 Å². The summed E-state index contributed by atoms with van der Waals surface area (Å²) in [5, 5.41) is 2.03. The number of rotatable bonds is 5.